The Balaban J connectivity index is 1.88. The molecule has 1 fully saturated rings. The molecule has 0 radical (unpaired) electrons. The highest BCUT2D eigenvalue weighted by molar-refractivity contribution is 6.30. The van der Waals surface area contributed by atoms with Gasteiger partial charge in [0.15, 0.2) is 0 Å². The molecular formula is C12H18ClN3. The van der Waals surface area contributed by atoms with Crippen LogP contribution in [0, 0.1) is 6.92 Å². The molecule has 0 aliphatic carbocycles. The molecule has 1 aliphatic rings. The lowest BCUT2D eigenvalue weighted by atomic mass is 10.2. The number of hydrogen-bond donors (Lipinski definition) is 1. The molecule has 4 heteroatoms. The number of piperazine rings is 1. The van der Waals surface area contributed by atoms with Crippen LogP contribution < -0.4 is 5.32 Å². The average molecular weight is 240 g/mol. The van der Waals surface area contributed by atoms with Crippen molar-refractivity contribution in [2.75, 3.05) is 32.7 Å². The van der Waals surface area contributed by atoms with E-state index in [1.165, 1.54) is 0 Å². The van der Waals surface area contributed by atoms with Gasteiger partial charge in [-0.15, -0.1) is 0 Å². The Morgan fingerprint density at radius 2 is 2.12 bits per heavy atom. The van der Waals surface area contributed by atoms with Crippen LogP contribution in [0.2, 0.25) is 5.15 Å². The third-order valence-electron chi connectivity index (χ3n) is 2.97. The van der Waals surface area contributed by atoms with Crippen molar-refractivity contribution in [3.63, 3.8) is 0 Å². The second-order valence-corrected chi connectivity index (χ2v) is 4.60. The first-order valence-corrected chi connectivity index (χ1v) is 6.18. The van der Waals surface area contributed by atoms with Gasteiger partial charge >= 0.3 is 0 Å². The maximum Gasteiger partial charge on any atom is 0.132 e. The molecule has 1 saturated heterocycles. The Hall–Kier alpha value is -0.640. The molecule has 0 atom stereocenters. The zero-order valence-corrected chi connectivity index (χ0v) is 10.4. The highest BCUT2D eigenvalue weighted by Gasteiger charge is 2.10. The van der Waals surface area contributed by atoms with Crippen LogP contribution in [0.5, 0.6) is 0 Å². The minimum atomic E-state index is 0.662. The molecular weight excluding hydrogens is 222 g/mol. The molecule has 0 aromatic carbocycles. The van der Waals surface area contributed by atoms with E-state index in [4.69, 9.17) is 11.6 Å². The minimum Gasteiger partial charge on any atom is -0.314 e. The van der Waals surface area contributed by atoms with Gasteiger partial charge < -0.3 is 10.2 Å². The number of aryl methyl sites for hydroxylation is 1. The molecule has 0 bridgehead atoms. The van der Waals surface area contributed by atoms with E-state index in [1.54, 1.807) is 0 Å². The number of hydrogen-bond acceptors (Lipinski definition) is 3. The minimum absolute atomic E-state index is 0.662. The van der Waals surface area contributed by atoms with Crippen molar-refractivity contribution in [3.05, 3.63) is 28.5 Å². The van der Waals surface area contributed by atoms with Gasteiger partial charge in [-0.3, -0.25) is 0 Å². The van der Waals surface area contributed by atoms with Crippen LogP contribution in [-0.2, 0) is 6.42 Å². The van der Waals surface area contributed by atoms with Gasteiger partial charge in [-0.2, -0.15) is 0 Å². The van der Waals surface area contributed by atoms with Gasteiger partial charge in [0, 0.05) is 38.4 Å². The quantitative estimate of drug-likeness (QED) is 0.811. The van der Waals surface area contributed by atoms with E-state index >= 15 is 0 Å². The molecule has 1 aromatic rings. The van der Waals surface area contributed by atoms with E-state index in [0.29, 0.717) is 5.15 Å². The van der Waals surface area contributed by atoms with E-state index in [-0.39, 0.29) is 0 Å². The van der Waals surface area contributed by atoms with E-state index in [0.717, 1.165) is 50.4 Å². The summed E-state index contributed by atoms with van der Waals surface area (Å²) in [5.41, 5.74) is 2.14. The first-order valence-electron chi connectivity index (χ1n) is 5.81. The second-order valence-electron chi connectivity index (χ2n) is 4.24. The summed E-state index contributed by atoms with van der Waals surface area (Å²) in [6, 6.07) is 4.12. The molecule has 1 N–H and O–H groups in total. The number of pyridine rings is 1. The summed E-state index contributed by atoms with van der Waals surface area (Å²) in [6.07, 6.45) is 0.992. The molecule has 2 heterocycles. The van der Waals surface area contributed by atoms with E-state index in [1.807, 2.05) is 13.0 Å². The fourth-order valence-electron chi connectivity index (χ4n) is 1.95. The molecule has 0 amide bonds. The maximum atomic E-state index is 6.11. The van der Waals surface area contributed by atoms with Gasteiger partial charge in [0.2, 0.25) is 0 Å². The van der Waals surface area contributed by atoms with Gasteiger partial charge in [-0.25, -0.2) is 4.98 Å². The average Bonchev–Trinajstić information content (AvgIpc) is 2.29. The summed E-state index contributed by atoms with van der Waals surface area (Å²) >= 11 is 6.11. The molecule has 0 saturated carbocycles. The van der Waals surface area contributed by atoms with Crippen molar-refractivity contribution < 1.29 is 0 Å². The highest BCUT2D eigenvalue weighted by Crippen LogP contribution is 2.14. The summed E-state index contributed by atoms with van der Waals surface area (Å²) < 4.78 is 0. The Bertz CT molecular complexity index is 348. The summed E-state index contributed by atoms with van der Waals surface area (Å²) in [6.45, 7) is 7.51. The van der Waals surface area contributed by atoms with Crippen LogP contribution in [0.25, 0.3) is 0 Å². The fourth-order valence-corrected chi connectivity index (χ4v) is 2.24. The van der Waals surface area contributed by atoms with Crippen molar-refractivity contribution in [1.82, 2.24) is 15.2 Å². The third kappa shape index (κ3) is 3.17. The van der Waals surface area contributed by atoms with Crippen molar-refractivity contribution in [1.29, 1.82) is 0 Å². The second kappa shape index (κ2) is 5.62. The van der Waals surface area contributed by atoms with E-state index < -0.39 is 0 Å². The Kier molecular flexibility index (Phi) is 4.16. The predicted molar refractivity (Wildman–Crippen MR) is 67.0 cm³/mol. The number of halogens is 1. The Labute approximate surface area is 102 Å². The zero-order chi connectivity index (χ0) is 11.4. The van der Waals surface area contributed by atoms with Gasteiger partial charge in [0.1, 0.15) is 5.15 Å². The van der Waals surface area contributed by atoms with Crippen LogP contribution in [0.4, 0.5) is 0 Å². The monoisotopic (exact) mass is 239 g/mol. The van der Waals surface area contributed by atoms with Crippen molar-refractivity contribution in [2.24, 2.45) is 0 Å². The van der Waals surface area contributed by atoms with Crippen LogP contribution in [0.1, 0.15) is 11.3 Å². The molecule has 88 valence electrons. The van der Waals surface area contributed by atoms with Crippen molar-refractivity contribution in [2.45, 2.75) is 13.3 Å². The molecule has 16 heavy (non-hydrogen) atoms. The Morgan fingerprint density at radius 1 is 1.38 bits per heavy atom. The third-order valence-corrected chi connectivity index (χ3v) is 3.30. The molecule has 1 aromatic heterocycles. The zero-order valence-electron chi connectivity index (χ0n) is 9.67. The molecule has 0 unspecified atom stereocenters. The maximum absolute atomic E-state index is 6.11. The highest BCUT2D eigenvalue weighted by atomic mass is 35.5. The van der Waals surface area contributed by atoms with Crippen molar-refractivity contribution in [3.8, 4) is 0 Å². The topological polar surface area (TPSA) is 28.2 Å². The van der Waals surface area contributed by atoms with Crippen LogP contribution in [0.15, 0.2) is 12.1 Å². The normalized spacial score (nSPS) is 17.6. The molecule has 0 spiro atoms. The summed E-state index contributed by atoms with van der Waals surface area (Å²) in [5.74, 6) is 0. The Morgan fingerprint density at radius 3 is 2.81 bits per heavy atom. The fraction of sp³-hybridized carbons (Fsp3) is 0.583. The smallest absolute Gasteiger partial charge is 0.132 e. The van der Waals surface area contributed by atoms with Crippen molar-refractivity contribution >= 4 is 11.6 Å². The largest absolute Gasteiger partial charge is 0.314 e. The predicted octanol–water partition coefficient (Wildman–Crippen LogP) is 1.49. The van der Waals surface area contributed by atoms with E-state index in [2.05, 4.69) is 21.3 Å². The van der Waals surface area contributed by atoms with Crippen LogP contribution in [-0.4, -0.2) is 42.6 Å². The standard InChI is InChI=1S/C12H18ClN3/c1-10-2-3-11(12(13)15-10)4-7-16-8-5-14-6-9-16/h2-3,14H,4-9H2,1H3. The SMILES string of the molecule is Cc1ccc(CCN2CCNCC2)c(Cl)n1. The molecule has 2 rings (SSSR count). The van der Waals surface area contributed by atoms with E-state index in [9.17, 15) is 0 Å². The van der Waals surface area contributed by atoms with Crippen LogP contribution in [0.3, 0.4) is 0 Å². The van der Waals surface area contributed by atoms with Gasteiger partial charge in [0.25, 0.3) is 0 Å². The lowest BCUT2D eigenvalue weighted by Gasteiger charge is -2.27. The number of nitrogens with one attached hydrogen (secondary N) is 1. The summed E-state index contributed by atoms with van der Waals surface area (Å²) in [4.78, 5) is 6.74. The number of rotatable bonds is 3. The summed E-state index contributed by atoms with van der Waals surface area (Å²) in [7, 11) is 0. The van der Waals surface area contributed by atoms with Gasteiger partial charge in [-0.1, -0.05) is 17.7 Å². The number of aromatic nitrogens is 1. The first kappa shape index (κ1) is 11.8. The molecule has 3 nitrogen and oxygen atoms in total. The summed E-state index contributed by atoms with van der Waals surface area (Å²) in [5, 5.41) is 4.01. The van der Waals surface area contributed by atoms with Crippen LogP contribution >= 0.6 is 11.6 Å². The molecule has 1 aliphatic heterocycles. The van der Waals surface area contributed by atoms with Gasteiger partial charge in [0.05, 0.1) is 0 Å². The lowest BCUT2D eigenvalue weighted by molar-refractivity contribution is 0.244. The lowest BCUT2D eigenvalue weighted by Crippen LogP contribution is -2.44. The van der Waals surface area contributed by atoms with Gasteiger partial charge in [-0.05, 0) is 25.0 Å². The number of nitrogens with zero attached hydrogens (tertiary/aromatic N) is 2. The first-order chi connectivity index (χ1) is 7.75.